The molecule has 1 aliphatic rings. The predicted octanol–water partition coefficient (Wildman–Crippen LogP) is 3.81. The molecule has 0 saturated carbocycles. The summed E-state index contributed by atoms with van der Waals surface area (Å²) in [4.78, 5) is 25.0. The summed E-state index contributed by atoms with van der Waals surface area (Å²) in [5, 5.41) is 2.98. The normalized spacial score (nSPS) is 15.9. The van der Waals surface area contributed by atoms with Crippen molar-refractivity contribution in [1.82, 2.24) is 20.3 Å². The van der Waals surface area contributed by atoms with E-state index >= 15 is 0 Å². The van der Waals surface area contributed by atoms with Crippen molar-refractivity contribution in [3.8, 4) is 28.7 Å². The summed E-state index contributed by atoms with van der Waals surface area (Å²) in [5.74, 6) is 1.70. The molecule has 0 aliphatic carbocycles. The maximum Gasteiger partial charge on any atom is 0.271 e. The monoisotopic (exact) mass is 400 g/mol. The Kier molecular flexibility index (Phi) is 4.55. The van der Waals surface area contributed by atoms with Gasteiger partial charge in [0.2, 0.25) is 5.89 Å². The highest BCUT2D eigenvalue weighted by atomic mass is 16.5. The Morgan fingerprint density at radius 1 is 1.07 bits per heavy atom. The van der Waals surface area contributed by atoms with Crippen molar-refractivity contribution in [2.45, 2.75) is 12.3 Å². The lowest BCUT2D eigenvalue weighted by Gasteiger charge is -2.17. The standard InChI is InChI=1S/C23H20N4O3/c1-29-19-10-6-5-9-16(19)15-11-17-20(22(28)24-12-15)27-21(25-17)18-13-30-23(26-18)14-7-3-2-4-8-14/h2-10,13,15H,11-12H2,1H3,(H,24,28)(H,25,27)/t15-/m0/s1. The number of ether oxygens (including phenoxy) is 1. The van der Waals surface area contributed by atoms with Crippen LogP contribution < -0.4 is 10.1 Å². The van der Waals surface area contributed by atoms with Gasteiger partial charge in [-0.25, -0.2) is 9.97 Å². The molecule has 1 amide bonds. The number of H-pyrrole nitrogens is 1. The second-order valence-corrected chi connectivity index (χ2v) is 7.17. The maximum absolute atomic E-state index is 12.6. The Morgan fingerprint density at radius 2 is 1.87 bits per heavy atom. The molecular weight excluding hydrogens is 380 g/mol. The lowest BCUT2D eigenvalue weighted by atomic mass is 9.93. The zero-order chi connectivity index (χ0) is 20.5. The average Bonchev–Trinajstić information content (AvgIpc) is 3.41. The number of nitrogens with one attached hydrogen (secondary N) is 2. The van der Waals surface area contributed by atoms with Gasteiger partial charge in [-0.2, -0.15) is 0 Å². The first-order chi connectivity index (χ1) is 14.7. The molecule has 2 aromatic heterocycles. The van der Waals surface area contributed by atoms with Crippen LogP contribution in [0.3, 0.4) is 0 Å². The lowest BCUT2D eigenvalue weighted by molar-refractivity contribution is 0.0950. The minimum absolute atomic E-state index is 0.0665. The van der Waals surface area contributed by atoms with Crippen LogP contribution in [-0.4, -0.2) is 34.5 Å². The number of benzene rings is 2. The number of carbonyl (C=O) groups excluding carboxylic acids is 1. The van der Waals surface area contributed by atoms with Gasteiger partial charge in [0.25, 0.3) is 5.91 Å². The number of rotatable bonds is 4. The fourth-order valence-corrected chi connectivity index (χ4v) is 3.80. The number of oxazole rings is 1. The van der Waals surface area contributed by atoms with Crippen molar-refractivity contribution in [2.24, 2.45) is 0 Å². The number of fused-ring (bicyclic) bond motifs is 1. The minimum Gasteiger partial charge on any atom is -0.496 e. The molecule has 0 radical (unpaired) electrons. The molecule has 0 fully saturated rings. The van der Waals surface area contributed by atoms with Crippen molar-refractivity contribution < 1.29 is 13.9 Å². The molecule has 1 aliphatic heterocycles. The van der Waals surface area contributed by atoms with Gasteiger partial charge in [0.05, 0.1) is 7.11 Å². The number of hydrogen-bond acceptors (Lipinski definition) is 5. The number of carbonyl (C=O) groups is 1. The van der Waals surface area contributed by atoms with E-state index in [1.165, 1.54) is 0 Å². The molecule has 0 bridgehead atoms. The van der Waals surface area contributed by atoms with Gasteiger partial charge in [-0.15, -0.1) is 0 Å². The fourth-order valence-electron chi connectivity index (χ4n) is 3.80. The van der Waals surface area contributed by atoms with Gasteiger partial charge in [-0.05, 0) is 30.2 Å². The van der Waals surface area contributed by atoms with Crippen LogP contribution in [0, 0.1) is 0 Å². The maximum atomic E-state index is 12.6. The first kappa shape index (κ1) is 18.2. The van der Waals surface area contributed by atoms with Crippen LogP contribution in [0.2, 0.25) is 0 Å². The number of nitrogens with zero attached hydrogens (tertiary/aromatic N) is 2. The smallest absolute Gasteiger partial charge is 0.271 e. The van der Waals surface area contributed by atoms with E-state index in [9.17, 15) is 4.79 Å². The predicted molar refractivity (Wildman–Crippen MR) is 111 cm³/mol. The second kappa shape index (κ2) is 7.51. The highest BCUT2D eigenvalue weighted by molar-refractivity contribution is 5.94. The Bertz CT molecular complexity index is 1200. The molecule has 2 aromatic carbocycles. The third-order valence-electron chi connectivity index (χ3n) is 5.30. The van der Waals surface area contributed by atoms with E-state index < -0.39 is 0 Å². The first-order valence-corrected chi connectivity index (χ1v) is 9.74. The zero-order valence-electron chi connectivity index (χ0n) is 16.4. The van der Waals surface area contributed by atoms with Crippen molar-refractivity contribution in [2.75, 3.05) is 13.7 Å². The molecule has 0 spiro atoms. The van der Waals surface area contributed by atoms with Gasteiger partial charge in [-0.1, -0.05) is 36.4 Å². The number of aromatic nitrogens is 3. The van der Waals surface area contributed by atoms with Crippen LogP contribution in [0.1, 0.15) is 27.7 Å². The van der Waals surface area contributed by atoms with E-state index in [2.05, 4.69) is 20.3 Å². The molecule has 7 nitrogen and oxygen atoms in total. The third kappa shape index (κ3) is 3.24. The Hall–Kier alpha value is -3.87. The van der Waals surface area contributed by atoms with Crippen molar-refractivity contribution in [1.29, 1.82) is 0 Å². The molecular formula is C23H20N4O3. The Labute approximate surface area is 173 Å². The summed E-state index contributed by atoms with van der Waals surface area (Å²) >= 11 is 0. The topological polar surface area (TPSA) is 93.0 Å². The van der Waals surface area contributed by atoms with Gasteiger partial charge in [0.15, 0.2) is 5.82 Å². The summed E-state index contributed by atoms with van der Waals surface area (Å²) in [6, 6.07) is 17.5. The second-order valence-electron chi connectivity index (χ2n) is 7.17. The van der Waals surface area contributed by atoms with Gasteiger partial charge in [0, 0.05) is 23.7 Å². The Balaban J connectivity index is 1.48. The quantitative estimate of drug-likeness (QED) is 0.543. The number of methoxy groups -OCH3 is 1. The van der Waals surface area contributed by atoms with E-state index in [1.807, 2.05) is 54.6 Å². The van der Waals surface area contributed by atoms with Gasteiger partial charge < -0.3 is 19.5 Å². The molecule has 4 aromatic rings. The molecule has 30 heavy (non-hydrogen) atoms. The van der Waals surface area contributed by atoms with Gasteiger partial charge >= 0.3 is 0 Å². The third-order valence-corrected chi connectivity index (χ3v) is 5.30. The van der Waals surface area contributed by atoms with Crippen LogP contribution in [-0.2, 0) is 6.42 Å². The molecule has 1 atom stereocenters. The fraction of sp³-hybridized carbons (Fsp3) is 0.174. The van der Waals surface area contributed by atoms with E-state index in [-0.39, 0.29) is 11.8 Å². The van der Waals surface area contributed by atoms with Crippen LogP contribution in [0.4, 0.5) is 0 Å². The van der Waals surface area contributed by atoms with Crippen molar-refractivity contribution in [3.05, 3.63) is 77.8 Å². The summed E-state index contributed by atoms with van der Waals surface area (Å²) in [5.41, 5.74) is 3.67. The van der Waals surface area contributed by atoms with Crippen molar-refractivity contribution in [3.63, 3.8) is 0 Å². The lowest BCUT2D eigenvalue weighted by Crippen LogP contribution is -2.26. The van der Waals surface area contributed by atoms with E-state index in [4.69, 9.17) is 9.15 Å². The molecule has 5 rings (SSSR count). The van der Waals surface area contributed by atoms with E-state index in [0.29, 0.717) is 36.1 Å². The summed E-state index contributed by atoms with van der Waals surface area (Å²) in [7, 11) is 1.66. The van der Waals surface area contributed by atoms with Crippen LogP contribution >= 0.6 is 0 Å². The number of amides is 1. The number of aromatic amines is 1. The summed E-state index contributed by atoms with van der Waals surface area (Å²) in [6.45, 7) is 0.515. The van der Waals surface area contributed by atoms with Crippen LogP contribution in [0.25, 0.3) is 23.0 Å². The SMILES string of the molecule is COc1ccccc1[C@@H]1CNC(=O)c2nc(-c3coc(-c4ccccc4)n3)[nH]c2C1. The summed E-state index contributed by atoms with van der Waals surface area (Å²) in [6.07, 6.45) is 2.18. The van der Waals surface area contributed by atoms with Crippen molar-refractivity contribution >= 4 is 5.91 Å². The largest absolute Gasteiger partial charge is 0.496 e. The molecule has 0 saturated heterocycles. The van der Waals surface area contributed by atoms with Gasteiger partial charge in [0.1, 0.15) is 23.4 Å². The van der Waals surface area contributed by atoms with E-state index in [1.54, 1.807) is 13.4 Å². The zero-order valence-corrected chi connectivity index (χ0v) is 16.4. The van der Waals surface area contributed by atoms with E-state index in [0.717, 1.165) is 22.6 Å². The number of para-hydroxylation sites is 1. The van der Waals surface area contributed by atoms with Crippen LogP contribution in [0.5, 0.6) is 5.75 Å². The number of hydrogen-bond donors (Lipinski definition) is 2. The molecule has 2 N–H and O–H groups in total. The molecule has 7 heteroatoms. The van der Waals surface area contributed by atoms with Crippen LogP contribution in [0.15, 0.2) is 65.3 Å². The molecule has 0 unspecified atom stereocenters. The first-order valence-electron chi connectivity index (χ1n) is 9.74. The Morgan fingerprint density at radius 3 is 2.70 bits per heavy atom. The minimum atomic E-state index is -0.198. The summed E-state index contributed by atoms with van der Waals surface area (Å²) < 4.78 is 11.1. The molecule has 150 valence electrons. The average molecular weight is 400 g/mol. The number of imidazole rings is 1. The highest BCUT2D eigenvalue weighted by Crippen LogP contribution is 2.32. The highest BCUT2D eigenvalue weighted by Gasteiger charge is 2.28. The van der Waals surface area contributed by atoms with Gasteiger partial charge in [-0.3, -0.25) is 4.79 Å². The molecule has 3 heterocycles.